The van der Waals surface area contributed by atoms with Crippen molar-refractivity contribution in [2.45, 2.75) is 13.0 Å². The van der Waals surface area contributed by atoms with Crippen molar-refractivity contribution < 1.29 is 9.47 Å². The minimum absolute atomic E-state index is 0.697. The van der Waals surface area contributed by atoms with E-state index in [1.807, 2.05) is 31.3 Å². The van der Waals surface area contributed by atoms with Gasteiger partial charge in [0.2, 0.25) is 0 Å². The quantitative estimate of drug-likeness (QED) is 0.933. The maximum absolute atomic E-state index is 6.21. The Labute approximate surface area is 129 Å². The second-order valence-corrected chi connectivity index (χ2v) is 5.46. The molecular weight excluding hydrogens is 286 g/mol. The summed E-state index contributed by atoms with van der Waals surface area (Å²) < 4.78 is 11.4. The van der Waals surface area contributed by atoms with Crippen molar-refractivity contribution in [3.8, 4) is 22.6 Å². The topological polar surface area (TPSA) is 30.5 Å². The SMILES string of the molecule is CNCc1cc(-c2ccc3c(c2)OCCCO3)ccc1Cl. The molecule has 4 heteroatoms. The Morgan fingerprint density at radius 1 is 1.00 bits per heavy atom. The monoisotopic (exact) mass is 303 g/mol. The van der Waals surface area contributed by atoms with Gasteiger partial charge in [-0.15, -0.1) is 0 Å². The average molecular weight is 304 g/mol. The summed E-state index contributed by atoms with van der Waals surface area (Å²) in [5.74, 6) is 1.63. The van der Waals surface area contributed by atoms with Crippen molar-refractivity contribution in [1.29, 1.82) is 0 Å². The molecule has 3 rings (SSSR count). The van der Waals surface area contributed by atoms with Gasteiger partial charge in [-0.3, -0.25) is 0 Å². The fourth-order valence-corrected chi connectivity index (χ4v) is 2.61. The number of halogens is 1. The van der Waals surface area contributed by atoms with Crippen LogP contribution in [0.1, 0.15) is 12.0 Å². The summed E-state index contributed by atoms with van der Waals surface area (Å²) >= 11 is 6.21. The first-order valence-electron chi connectivity index (χ1n) is 7.11. The molecule has 0 spiro atoms. The van der Waals surface area contributed by atoms with E-state index in [1.165, 1.54) is 0 Å². The fraction of sp³-hybridized carbons (Fsp3) is 0.294. The molecule has 0 amide bonds. The highest BCUT2D eigenvalue weighted by molar-refractivity contribution is 6.31. The van der Waals surface area contributed by atoms with Gasteiger partial charge in [0.15, 0.2) is 11.5 Å². The van der Waals surface area contributed by atoms with E-state index < -0.39 is 0 Å². The van der Waals surface area contributed by atoms with E-state index in [1.54, 1.807) is 0 Å². The molecule has 2 aromatic rings. The third kappa shape index (κ3) is 3.14. The van der Waals surface area contributed by atoms with Gasteiger partial charge in [0.25, 0.3) is 0 Å². The molecule has 1 aliphatic rings. The predicted octanol–water partition coefficient (Wildman–Crippen LogP) is 3.89. The van der Waals surface area contributed by atoms with Crippen LogP contribution in [0.4, 0.5) is 0 Å². The van der Waals surface area contributed by atoms with E-state index in [0.717, 1.165) is 46.2 Å². The summed E-state index contributed by atoms with van der Waals surface area (Å²) in [7, 11) is 1.91. The van der Waals surface area contributed by atoms with Gasteiger partial charge in [0.05, 0.1) is 13.2 Å². The minimum atomic E-state index is 0.697. The van der Waals surface area contributed by atoms with Crippen LogP contribution in [0.2, 0.25) is 5.02 Å². The second-order valence-electron chi connectivity index (χ2n) is 5.05. The number of nitrogens with one attached hydrogen (secondary N) is 1. The molecule has 0 aliphatic carbocycles. The Kier molecular flexibility index (Phi) is 4.32. The minimum Gasteiger partial charge on any atom is -0.490 e. The third-order valence-corrected chi connectivity index (χ3v) is 3.86. The third-order valence-electron chi connectivity index (χ3n) is 3.49. The lowest BCUT2D eigenvalue weighted by atomic mass is 10.0. The van der Waals surface area contributed by atoms with E-state index in [9.17, 15) is 0 Å². The summed E-state index contributed by atoms with van der Waals surface area (Å²) in [5.41, 5.74) is 3.32. The van der Waals surface area contributed by atoms with E-state index >= 15 is 0 Å². The van der Waals surface area contributed by atoms with Gasteiger partial charge >= 0.3 is 0 Å². The van der Waals surface area contributed by atoms with Crippen LogP contribution in [0, 0.1) is 0 Å². The fourth-order valence-electron chi connectivity index (χ4n) is 2.42. The van der Waals surface area contributed by atoms with Crippen LogP contribution in [0.3, 0.4) is 0 Å². The molecule has 110 valence electrons. The number of benzene rings is 2. The van der Waals surface area contributed by atoms with Crippen molar-refractivity contribution in [3.05, 3.63) is 47.0 Å². The van der Waals surface area contributed by atoms with E-state index in [0.29, 0.717) is 13.2 Å². The van der Waals surface area contributed by atoms with Gasteiger partial charge in [0.1, 0.15) is 0 Å². The lowest BCUT2D eigenvalue weighted by Gasteiger charge is -2.11. The Balaban J connectivity index is 1.97. The van der Waals surface area contributed by atoms with Crippen molar-refractivity contribution >= 4 is 11.6 Å². The number of hydrogen-bond donors (Lipinski definition) is 1. The van der Waals surface area contributed by atoms with Crippen molar-refractivity contribution in [1.82, 2.24) is 5.32 Å². The standard InChI is InChI=1S/C17H18ClNO2/c1-19-11-14-9-12(3-5-15(14)18)13-4-6-16-17(10-13)21-8-2-7-20-16/h3-6,9-10,19H,2,7-8,11H2,1H3. The van der Waals surface area contributed by atoms with Crippen LogP contribution in [-0.4, -0.2) is 20.3 Å². The van der Waals surface area contributed by atoms with Crippen LogP contribution in [0.25, 0.3) is 11.1 Å². The van der Waals surface area contributed by atoms with Crippen molar-refractivity contribution in [2.75, 3.05) is 20.3 Å². The lowest BCUT2D eigenvalue weighted by Crippen LogP contribution is -2.05. The van der Waals surface area contributed by atoms with E-state index in [2.05, 4.69) is 17.4 Å². The first-order valence-corrected chi connectivity index (χ1v) is 7.49. The van der Waals surface area contributed by atoms with Gasteiger partial charge in [0, 0.05) is 18.0 Å². The molecule has 1 aliphatic heterocycles. The smallest absolute Gasteiger partial charge is 0.161 e. The Hall–Kier alpha value is -1.71. The Morgan fingerprint density at radius 2 is 1.71 bits per heavy atom. The highest BCUT2D eigenvalue weighted by atomic mass is 35.5. The van der Waals surface area contributed by atoms with E-state index in [-0.39, 0.29) is 0 Å². The van der Waals surface area contributed by atoms with Crippen LogP contribution in [0.15, 0.2) is 36.4 Å². The molecule has 21 heavy (non-hydrogen) atoms. The van der Waals surface area contributed by atoms with Gasteiger partial charge in [-0.05, 0) is 48.0 Å². The number of rotatable bonds is 3. The van der Waals surface area contributed by atoms with Crippen LogP contribution < -0.4 is 14.8 Å². The molecule has 3 nitrogen and oxygen atoms in total. The maximum Gasteiger partial charge on any atom is 0.161 e. The summed E-state index contributed by atoms with van der Waals surface area (Å²) in [4.78, 5) is 0. The van der Waals surface area contributed by atoms with Crippen LogP contribution in [-0.2, 0) is 6.54 Å². The van der Waals surface area contributed by atoms with Gasteiger partial charge in [-0.25, -0.2) is 0 Å². The second kappa shape index (κ2) is 6.37. The largest absolute Gasteiger partial charge is 0.490 e. The first-order chi connectivity index (χ1) is 10.3. The van der Waals surface area contributed by atoms with Gasteiger partial charge in [-0.2, -0.15) is 0 Å². The van der Waals surface area contributed by atoms with Gasteiger partial charge < -0.3 is 14.8 Å². The highest BCUT2D eigenvalue weighted by Crippen LogP contribution is 2.35. The molecule has 1 N–H and O–H groups in total. The highest BCUT2D eigenvalue weighted by Gasteiger charge is 2.12. The molecule has 1 heterocycles. The molecular formula is C17H18ClNO2. The number of ether oxygens (including phenoxy) is 2. The predicted molar refractivity (Wildman–Crippen MR) is 85.3 cm³/mol. The summed E-state index contributed by atoms with van der Waals surface area (Å²) in [6.07, 6.45) is 0.914. The average Bonchev–Trinajstić information content (AvgIpc) is 2.74. The molecule has 0 bridgehead atoms. The van der Waals surface area contributed by atoms with Crippen LogP contribution in [0.5, 0.6) is 11.5 Å². The molecule has 0 radical (unpaired) electrons. The molecule has 0 aromatic heterocycles. The number of fused-ring (bicyclic) bond motifs is 1. The Bertz CT molecular complexity index is 643. The summed E-state index contributed by atoms with van der Waals surface area (Å²) in [5, 5.41) is 3.91. The normalized spacial score (nSPS) is 13.8. The molecule has 0 saturated heterocycles. The van der Waals surface area contributed by atoms with Gasteiger partial charge in [-0.1, -0.05) is 23.7 Å². The summed E-state index contributed by atoms with van der Waals surface area (Å²) in [6.45, 7) is 2.15. The van der Waals surface area contributed by atoms with Crippen molar-refractivity contribution in [3.63, 3.8) is 0 Å². The van der Waals surface area contributed by atoms with Crippen molar-refractivity contribution in [2.24, 2.45) is 0 Å². The maximum atomic E-state index is 6.21. The number of hydrogen-bond acceptors (Lipinski definition) is 3. The molecule has 0 unspecified atom stereocenters. The molecule has 0 saturated carbocycles. The Morgan fingerprint density at radius 3 is 2.52 bits per heavy atom. The molecule has 2 aromatic carbocycles. The zero-order chi connectivity index (χ0) is 14.7. The first kappa shape index (κ1) is 14.2. The zero-order valence-corrected chi connectivity index (χ0v) is 12.7. The molecule has 0 atom stereocenters. The van der Waals surface area contributed by atoms with Crippen LogP contribution >= 0.6 is 11.6 Å². The van der Waals surface area contributed by atoms with E-state index in [4.69, 9.17) is 21.1 Å². The molecule has 0 fully saturated rings. The lowest BCUT2D eigenvalue weighted by molar-refractivity contribution is 0.297. The zero-order valence-electron chi connectivity index (χ0n) is 12.0. The summed E-state index contributed by atoms with van der Waals surface area (Å²) in [6, 6.07) is 12.1.